The molecule has 0 fully saturated rings. The van der Waals surface area contributed by atoms with Gasteiger partial charge in [0.15, 0.2) is 0 Å². The zero-order valence-corrected chi connectivity index (χ0v) is 11.9. The molecule has 0 saturated carbocycles. The van der Waals surface area contributed by atoms with Crippen LogP contribution in [0.1, 0.15) is 27.8 Å². The molecule has 1 aromatic rings. The van der Waals surface area contributed by atoms with E-state index in [0.29, 0.717) is 4.90 Å². The number of hydrogen-bond donors (Lipinski definition) is 1. The lowest BCUT2D eigenvalue weighted by atomic mass is 9.95. The highest BCUT2D eigenvalue weighted by atomic mass is 32.2. The van der Waals surface area contributed by atoms with Gasteiger partial charge in [-0.15, -0.1) is 0 Å². The third kappa shape index (κ3) is 2.36. The number of sulfonamides is 1. The molecular formula is C12H19NO3S. The molecule has 1 aromatic carbocycles. The first kappa shape index (κ1) is 14.2. The van der Waals surface area contributed by atoms with Crippen LogP contribution in [0.5, 0.6) is 0 Å². The van der Waals surface area contributed by atoms with Gasteiger partial charge in [-0.1, -0.05) is 4.89 Å². The zero-order chi connectivity index (χ0) is 13.4. The zero-order valence-electron chi connectivity index (χ0n) is 11.1. The molecule has 0 aromatic heterocycles. The highest BCUT2D eigenvalue weighted by Crippen LogP contribution is 2.29. The smallest absolute Gasteiger partial charge is 0.263 e. The minimum absolute atomic E-state index is 0.319. The monoisotopic (exact) mass is 257 g/mol. The maximum atomic E-state index is 12.1. The Kier molecular flexibility index (Phi) is 3.96. The molecule has 0 aliphatic carbocycles. The molecule has 1 N–H and O–H groups in total. The molecule has 0 heterocycles. The average molecular weight is 257 g/mol. The van der Waals surface area contributed by atoms with Gasteiger partial charge in [-0.25, -0.2) is 8.42 Å². The third-order valence-corrected chi connectivity index (χ3v) is 4.93. The molecular weight excluding hydrogens is 238 g/mol. The maximum Gasteiger partial charge on any atom is 0.263 e. The van der Waals surface area contributed by atoms with Crippen molar-refractivity contribution < 1.29 is 13.3 Å². The van der Waals surface area contributed by atoms with Crippen LogP contribution < -0.4 is 4.89 Å². The Morgan fingerprint density at radius 2 is 1.18 bits per heavy atom. The van der Waals surface area contributed by atoms with Gasteiger partial charge in [-0.05, 0) is 62.4 Å². The van der Waals surface area contributed by atoms with Gasteiger partial charge in [0, 0.05) is 0 Å². The Balaban J connectivity index is 3.67. The van der Waals surface area contributed by atoms with E-state index in [9.17, 15) is 8.42 Å². The largest absolute Gasteiger partial charge is 0.290 e. The summed E-state index contributed by atoms with van der Waals surface area (Å²) in [6, 6.07) is 0. The van der Waals surface area contributed by atoms with Crippen LogP contribution in [0.4, 0.5) is 0 Å². The fourth-order valence-electron chi connectivity index (χ4n) is 2.02. The second-order valence-electron chi connectivity index (χ2n) is 4.25. The van der Waals surface area contributed by atoms with E-state index in [4.69, 9.17) is 0 Å². The quantitative estimate of drug-likeness (QED) is 0.843. The molecule has 5 heteroatoms. The number of benzene rings is 1. The summed E-state index contributed by atoms with van der Waals surface area (Å²) in [6.45, 7) is 9.51. The Morgan fingerprint density at radius 3 is 1.53 bits per heavy atom. The number of rotatable bonds is 3. The fourth-order valence-corrected chi connectivity index (χ4v) is 3.44. The van der Waals surface area contributed by atoms with Crippen LogP contribution in [0.3, 0.4) is 0 Å². The molecule has 0 atom stereocenters. The lowest BCUT2D eigenvalue weighted by Crippen LogP contribution is -2.25. The van der Waals surface area contributed by atoms with Crippen molar-refractivity contribution in [3.8, 4) is 0 Å². The maximum absolute atomic E-state index is 12.1. The minimum atomic E-state index is -3.61. The van der Waals surface area contributed by atoms with Gasteiger partial charge in [0.2, 0.25) is 0 Å². The summed E-state index contributed by atoms with van der Waals surface area (Å²) in [4.78, 5) is 6.93. The Hall–Kier alpha value is -0.910. The summed E-state index contributed by atoms with van der Waals surface area (Å²) in [7, 11) is -2.32. The normalized spacial score (nSPS) is 11.9. The van der Waals surface area contributed by atoms with Gasteiger partial charge in [0.1, 0.15) is 0 Å². The summed E-state index contributed by atoms with van der Waals surface area (Å²) in [6.07, 6.45) is 0. The van der Waals surface area contributed by atoms with Crippen molar-refractivity contribution in [1.82, 2.24) is 4.89 Å². The van der Waals surface area contributed by atoms with E-state index in [0.717, 1.165) is 27.8 Å². The van der Waals surface area contributed by atoms with E-state index in [2.05, 4.69) is 9.72 Å². The van der Waals surface area contributed by atoms with E-state index >= 15 is 0 Å². The summed E-state index contributed by atoms with van der Waals surface area (Å²) < 4.78 is 24.1. The second kappa shape index (κ2) is 4.76. The van der Waals surface area contributed by atoms with Crippen LogP contribution in [0.25, 0.3) is 0 Å². The highest BCUT2D eigenvalue weighted by molar-refractivity contribution is 7.89. The Labute approximate surface area is 103 Å². The van der Waals surface area contributed by atoms with Gasteiger partial charge >= 0.3 is 0 Å². The van der Waals surface area contributed by atoms with Crippen molar-refractivity contribution in [3.63, 3.8) is 0 Å². The van der Waals surface area contributed by atoms with Crippen molar-refractivity contribution >= 4 is 10.0 Å². The number of nitrogens with one attached hydrogen (secondary N) is 1. The summed E-state index contributed by atoms with van der Waals surface area (Å²) >= 11 is 0. The van der Waals surface area contributed by atoms with Gasteiger partial charge in [-0.2, -0.15) is 0 Å². The lowest BCUT2D eigenvalue weighted by Gasteiger charge is -2.18. The molecule has 17 heavy (non-hydrogen) atoms. The second-order valence-corrected chi connectivity index (χ2v) is 5.83. The Bertz CT molecular complexity index is 518. The first-order valence-corrected chi connectivity index (χ1v) is 6.84. The standard InChI is InChI=1S/C12H19NO3S/c1-7-8(2)10(4)12(11(5)9(7)3)17(14,15)13-16-6/h13H,1-6H3. The van der Waals surface area contributed by atoms with Crippen molar-refractivity contribution in [2.24, 2.45) is 0 Å². The van der Waals surface area contributed by atoms with Crippen LogP contribution in [0.2, 0.25) is 0 Å². The molecule has 4 nitrogen and oxygen atoms in total. The van der Waals surface area contributed by atoms with Gasteiger partial charge in [-0.3, -0.25) is 4.84 Å². The first-order valence-electron chi connectivity index (χ1n) is 5.35. The molecule has 0 bridgehead atoms. The summed E-state index contributed by atoms with van der Waals surface area (Å²) in [5.74, 6) is 0. The van der Waals surface area contributed by atoms with Crippen molar-refractivity contribution in [1.29, 1.82) is 0 Å². The molecule has 0 amide bonds. The van der Waals surface area contributed by atoms with Crippen LogP contribution in [0.15, 0.2) is 4.90 Å². The minimum Gasteiger partial charge on any atom is -0.290 e. The van der Waals surface area contributed by atoms with Crippen LogP contribution >= 0.6 is 0 Å². The van der Waals surface area contributed by atoms with Crippen LogP contribution in [-0.2, 0) is 14.9 Å². The summed E-state index contributed by atoms with van der Waals surface area (Å²) in [5, 5.41) is 0. The van der Waals surface area contributed by atoms with Crippen molar-refractivity contribution in [2.45, 2.75) is 39.5 Å². The van der Waals surface area contributed by atoms with E-state index in [1.807, 2.05) is 34.6 Å². The molecule has 0 radical (unpaired) electrons. The van der Waals surface area contributed by atoms with Crippen molar-refractivity contribution in [2.75, 3.05) is 7.11 Å². The van der Waals surface area contributed by atoms with Gasteiger partial charge in [0.05, 0.1) is 12.0 Å². The molecule has 0 aliphatic rings. The average Bonchev–Trinajstić information content (AvgIpc) is 2.23. The SMILES string of the molecule is CONS(=O)(=O)c1c(C)c(C)c(C)c(C)c1C. The van der Waals surface area contributed by atoms with E-state index in [1.165, 1.54) is 7.11 Å². The van der Waals surface area contributed by atoms with Gasteiger partial charge < -0.3 is 0 Å². The predicted octanol–water partition coefficient (Wildman–Crippen LogP) is 2.07. The first-order chi connectivity index (χ1) is 7.74. The topological polar surface area (TPSA) is 55.4 Å². The third-order valence-electron chi connectivity index (χ3n) is 3.39. The lowest BCUT2D eigenvalue weighted by molar-refractivity contribution is 0.153. The van der Waals surface area contributed by atoms with E-state index < -0.39 is 10.0 Å². The van der Waals surface area contributed by atoms with E-state index in [1.54, 1.807) is 0 Å². The number of hydrogen-bond acceptors (Lipinski definition) is 3. The molecule has 0 saturated heterocycles. The highest BCUT2D eigenvalue weighted by Gasteiger charge is 2.23. The molecule has 0 aliphatic heterocycles. The van der Waals surface area contributed by atoms with Crippen LogP contribution in [0, 0.1) is 34.6 Å². The van der Waals surface area contributed by atoms with Gasteiger partial charge in [0.25, 0.3) is 10.0 Å². The summed E-state index contributed by atoms with van der Waals surface area (Å²) in [5.41, 5.74) is 4.69. The predicted molar refractivity (Wildman–Crippen MR) is 67.5 cm³/mol. The van der Waals surface area contributed by atoms with Crippen LogP contribution in [-0.4, -0.2) is 15.5 Å². The Morgan fingerprint density at radius 1 is 0.824 bits per heavy atom. The molecule has 96 valence electrons. The van der Waals surface area contributed by atoms with Crippen molar-refractivity contribution in [3.05, 3.63) is 27.8 Å². The fraction of sp³-hybridized carbons (Fsp3) is 0.500. The molecule has 0 spiro atoms. The molecule has 0 unspecified atom stereocenters. The molecule has 1 rings (SSSR count). The van der Waals surface area contributed by atoms with E-state index in [-0.39, 0.29) is 0 Å².